The molecule has 2 amide bonds. The molecular formula is C14H18N2O2. The number of benzene rings is 1. The van der Waals surface area contributed by atoms with Gasteiger partial charge in [-0.25, -0.2) is 0 Å². The minimum absolute atomic E-state index is 0.143. The zero-order valence-corrected chi connectivity index (χ0v) is 10.6. The van der Waals surface area contributed by atoms with Crippen molar-refractivity contribution in [2.75, 3.05) is 26.2 Å². The van der Waals surface area contributed by atoms with E-state index in [4.69, 9.17) is 0 Å². The van der Waals surface area contributed by atoms with E-state index < -0.39 is 0 Å². The Labute approximate surface area is 107 Å². The first-order valence-corrected chi connectivity index (χ1v) is 6.22. The fourth-order valence-corrected chi connectivity index (χ4v) is 2.07. The Morgan fingerprint density at radius 3 is 2.33 bits per heavy atom. The molecule has 0 aliphatic carbocycles. The highest BCUT2D eigenvalue weighted by Gasteiger charge is 2.19. The number of rotatable bonds is 3. The van der Waals surface area contributed by atoms with Crippen LogP contribution in [-0.4, -0.2) is 48.3 Å². The number of carbonyl (C=O) groups is 2. The minimum atomic E-state index is 0.143. The van der Waals surface area contributed by atoms with E-state index in [-0.39, 0.29) is 5.91 Å². The number of nitrogens with zero attached hydrogens (tertiary/aromatic N) is 2. The second-order valence-electron chi connectivity index (χ2n) is 4.68. The lowest BCUT2D eigenvalue weighted by molar-refractivity contribution is -0.134. The normalized spacial score (nSPS) is 15.6. The highest BCUT2D eigenvalue weighted by molar-refractivity contribution is 5.79. The quantitative estimate of drug-likeness (QED) is 0.741. The second-order valence-corrected chi connectivity index (χ2v) is 4.68. The van der Waals surface area contributed by atoms with Crippen LogP contribution < -0.4 is 0 Å². The average Bonchev–Trinajstić information content (AvgIpc) is 2.41. The van der Waals surface area contributed by atoms with Crippen molar-refractivity contribution < 1.29 is 9.59 Å². The molecule has 1 fully saturated rings. The molecule has 96 valence electrons. The van der Waals surface area contributed by atoms with E-state index >= 15 is 0 Å². The maximum Gasteiger partial charge on any atom is 0.227 e. The average molecular weight is 246 g/mol. The van der Waals surface area contributed by atoms with E-state index in [1.165, 1.54) is 5.56 Å². The Morgan fingerprint density at radius 1 is 1.17 bits per heavy atom. The summed E-state index contributed by atoms with van der Waals surface area (Å²) < 4.78 is 0. The number of amides is 2. The standard InChI is InChI=1S/C14H18N2O2/c1-12-2-4-13(5-3-12)10-14(18)16-8-6-15(11-17)7-9-16/h2-5,11H,6-10H2,1H3. The van der Waals surface area contributed by atoms with Crippen LogP contribution in [0.3, 0.4) is 0 Å². The minimum Gasteiger partial charge on any atom is -0.342 e. The third-order valence-corrected chi connectivity index (χ3v) is 3.29. The lowest BCUT2D eigenvalue weighted by Crippen LogP contribution is -2.48. The molecule has 0 unspecified atom stereocenters. The summed E-state index contributed by atoms with van der Waals surface area (Å²) in [5.41, 5.74) is 2.24. The van der Waals surface area contributed by atoms with Gasteiger partial charge < -0.3 is 9.80 Å². The van der Waals surface area contributed by atoms with Crippen LogP contribution >= 0.6 is 0 Å². The van der Waals surface area contributed by atoms with E-state index in [1.54, 1.807) is 4.90 Å². The summed E-state index contributed by atoms with van der Waals surface area (Å²) in [6.07, 6.45) is 1.29. The molecule has 0 radical (unpaired) electrons. The number of carbonyl (C=O) groups excluding carboxylic acids is 2. The molecule has 0 bridgehead atoms. The summed E-state index contributed by atoms with van der Waals surface area (Å²) in [5, 5.41) is 0. The van der Waals surface area contributed by atoms with Crippen molar-refractivity contribution in [1.29, 1.82) is 0 Å². The summed E-state index contributed by atoms with van der Waals surface area (Å²) in [5.74, 6) is 0.143. The lowest BCUT2D eigenvalue weighted by Gasteiger charge is -2.32. The van der Waals surface area contributed by atoms with Crippen LogP contribution in [0.15, 0.2) is 24.3 Å². The van der Waals surface area contributed by atoms with Crippen molar-refractivity contribution in [3.05, 3.63) is 35.4 Å². The predicted octanol–water partition coefficient (Wildman–Crippen LogP) is 0.838. The summed E-state index contributed by atoms with van der Waals surface area (Å²) in [6, 6.07) is 8.03. The third-order valence-electron chi connectivity index (χ3n) is 3.29. The highest BCUT2D eigenvalue weighted by Crippen LogP contribution is 2.07. The Kier molecular flexibility index (Phi) is 3.97. The van der Waals surface area contributed by atoms with Gasteiger partial charge in [-0.1, -0.05) is 29.8 Å². The van der Waals surface area contributed by atoms with Crippen LogP contribution in [0.4, 0.5) is 0 Å². The SMILES string of the molecule is Cc1ccc(CC(=O)N2CCN(C=O)CC2)cc1. The van der Waals surface area contributed by atoms with Gasteiger partial charge in [0.25, 0.3) is 0 Å². The molecule has 1 aromatic rings. The van der Waals surface area contributed by atoms with Crippen LogP contribution in [0.25, 0.3) is 0 Å². The topological polar surface area (TPSA) is 40.6 Å². The molecule has 1 aromatic carbocycles. The summed E-state index contributed by atoms with van der Waals surface area (Å²) in [6.45, 7) is 4.60. The molecule has 0 N–H and O–H groups in total. The van der Waals surface area contributed by atoms with Gasteiger partial charge in [0.2, 0.25) is 12.3 Å². The molecule has 1 saturated heterocycles. The Hall–Kier alpha value is -1.84. The predicted molar refractivity (Wildman–Crippen MR) is 69.1 cm³/mol. The lowest BCUT2D eigenvalue weighted by atomic mass is 10.1. The van der Waals surface area contributed by atoms with Crippen LogP contribution in [0.1, 0.15) is 11.1 Å². The molecule has 0 aromatic heterocycles. The first kappa shape index (κ1) is 12.6. The van der Waals surface area contributed by atoms with Gasteiger partial charge in [-0.2, -0.15) is 0 Å². The molecule has 0 spiro atoms. The van der Waals surface area contributed by atoms with Crippen molar-refractivity contribution in [3.63, 3.8) is 0 Å². The Morgan fingerprint density at radius 2 is 1.78 bits per heavy atom. The molecule has 18 heavy (non-hydrogen) atoms. The molecule has 1 heterocycles. The monoisotopic (exact) mass is 246 g/mol. The van der Waals surface area contributed by atoms with Gasteiger partial charge >= 0.3 is 0 Å². The first-order chi connectivity index (χ1) is 8.69. The molecule has 0 saturated carbocycles. The van der Waals surface area contributed by atoms with Gasteiger partial charge in [0.15, 0.2) is 0 Å². The van der Waals surface area contributed by atoms with Crippen molar-refractivity contribution >= 4 is 12.3 Å². The van der Waals surface area contributed by atoms with Crippen molar-refractivity contribution in [1.82, 2.24) is 9.80 Å². The van der Waals surface area contributed by atoms with Crippen molar-refractivity contribution in [2.45, 2.75) is 13.3 Å². The first-order valence-electron chi connectivity index (χ1n) is 6.22. The van der Waals surface area contributed by atoms with E-state index in [1.807, 2.05) is 36.1 Å². The van der Waals surface area contributed by atoms with E-state index in [0.29, 0.717) is 32.6 Å². The number of piperazine rings is 1. The molecule has 1 aliphatic rings. The Balaban J connectivity index is 1.88. The van der Waals surface area contributed by atoms with E-state index in [2.05, 4.69) is 0 Å². The second kappa shape index (κ2) is 5.67. The smallest absolute Gasteiger partial charge is 0.227 e. The largest absolute Gasteiger partial charge is 0.342 e. The Bertz CT molecular complexity index is 420. The maximum absolute atomic E-state index is 12.1. The van der Waals surface area contributed by atoms with Crippen LogP contribution in [0, 0.1) is 6.92 Å². The molecule has 2 rings (SSSR count). The van der Waals surface area contributed by atoms with Crippen LogP contribution in [0.5, 0.6) is 0 Å². The highest BCUT2D eigenvalue weighted by atomic mass is 16.2. The number of aryl methyl sites for hydroxylation is 1. The third kappa shape index (κ3) is 3.09. The molecule has 4 heteroatoms. The molecule has 4 nitrogen and oxygen atoms in total. The van der Waals surface area contributed by atoms with Gasteiger partial charge in [0.05, 0.1) is 6.42 Å². The van der Waals surface area contributed by atoms with Crippen molar-refractivity contribution in [3.8, 4) is 0 Å². The van der Waals surface area contributed by atoms with Crippen molar-refractivity contribution in [2.24, 2.45) is 0 Å². The van der Waals surface area contributed by atoms with E-state index in [0.717, 1.165) is 12.0 Å². The maximum atomic E-state index is 12.1. The number of hydrogen-bond acceptors (Lipinski definition) is 2. The summed E-state index contributed by atoms with van der Waals surface area (Å²) in [7, 11) is 0. The van der Waals surface area contributed by atoms with Gasteiger partial charge in [-0.05, 0) is 12.5 Å². The van der Waals surface area contributed by atoms with E-state index in [9.17, 15) is 9.59 Å². The zero-order chi connectivity index (χ0) is 13.0. The fraction of sp³-hybridized carbons (Fsp3) is 0.429. The molecule has 0 atom stereocenters. The van der Waals surface area contributed by atoms with Gasteiger partial charge in [0, 0.05) is 26.2 Å². The van der Waals surface area contributed by atoms with Gasteiger partial charge in [-0.15, -0.1) is 0 Å². The van der Waals surface area contributed by atoms with Crippen LogP contribution in [-0.2, 0) is 16.0 Å². The van der Waals surface area contributed by atoms with Gasteiger partial charge in [0.1, 0.15) is 0 Å². The number of hydrogen-bond donors (Lipinski definition) is 0. The summed E-state index contributed by atoms with van der Waals surface area (Å²) in [4.78, 5) is 26.2. The molecule has 1 aliphatic heterocycles. The zero-order valence-electron chi connectivity index (χ0n) is 10.6. The fourth-order valence-electron chi connectivity index (χ4n) is 2.07. The molecular weight excluding hydrogens is 228 g/mol. The van der Waals surface area contributed by atoms with Gasteiger partial charge in [-0.3, -0.25) is 9.59 Å². The summed E-state index contributed by atoms with van der Waals surface area (Å²) >= 11 is 0. The van der Waals surface area contributed by atoms with Crippen LogP contribution in [0.2, 0.25) is 0 Å².